The van der Waals surface area contributed by atoms with E-state index in [9.17, 15) is 14.5 Å². The third kappa shape index (κ3) is 4.04. The predicted octanol–water partition coefficient (Wildman–Crippen LogP) is 4.21. The van der Waals surface area contributed by atoms with Gasteiger partial charge in [-0.1, -0.05) is 12.1 Å². The maximum Gasteiger partial charge on any atom is 0.333 e. The van der Waals surface area contributed by atoms with Crippen molar-refractivity contribution >= 4 is 17.1 Å². The molecule has 6 nitrogen and oxygen atoms in total. The fourth-order valence-corrected chi connectivity index (χ4v) is 3.27. The normalized spacial score (nSPS) is 14.9. The Morgan fingerprint density at radius 1 is 1.27 bits per heavy atom. The zero-order valence-electron chi connectivity index (χ0n) is 14.7. The summed E-state index contributed by atoms with van der Waals surface area (Å²) in [5, 5.41) is 14.8. The Bertz CT molecular complexity index is 776. The van der Waals surface area contributed by atoms with Gasteiger partial charge in [0.1, 0.15) is 11.5 Å². The van der Waals surface area contributed by atoms with Crippen LogP contribution in [0.2, 0.25) is 0 Å². The second-order valence-electron chi connectivity index (χ2n) is 6.23. The molecule has 1 aliphatic heterocycles. The first-order chi connectivity index (χ1) is 12.6. The van der Waals surface area contributed by atoms with E-state index >= 15 is 0 Å². The van der Waals surface area contributed by atoms with Crippen LogP contribution < -0.4 is 15.0 Å². The van der Waals surface area contributed by atoms with Crippen LogP contribution in [0.5, 0.6) is 5.75 Å². The number of ether oxygens (including phenoxy) is 1. The van der Waals surface area contributed by atoms with Crippen molar-refractivity contribution < 1.29 is 14.1 Å². The summed E-state index contributed by atoms with van der Waals surface area (Å²) in [6.45, 7) is 3.70. The number of hydrogen-bond donors (Lipinski definition) is 1. The molecule has 0 amide bonds. The summed E-state index contributed by atoms with van der Waals surface area (Å²) in [5.41, 5.74) is 1.32. The highest BCUT2D eigenvalue weighted by atomic mass is 19.1. The minimum absolute atomic E-state index is 0.0260. The highest BCUT2D eigenvalue weighted by molar-refractivity contribution is 5.68. The third-order valence-corrected chi connectivity index (χ3v) is 4.51. The average Bonchev–Trinajstić information content (AvgIpc) is 2.62. The standard InChI is InChI=1S/C19H22FN3O3/c1-2-26-18-8-4-7-17(19(18)23(24)25)21-15-9-11-22(12-10-15)16-6-3-5-14(20)13-16/h3-8,13,15,21H,2,9-12H2,1H3. The summed E-state index contributed by atoms with van der Waals surface area (Å²) >= 11 is 0. The van der Waals surface area contributed by atoms with Crippen LogP contribution in [-0.2, 0) is 0 Å². The van der Waals surface area contributed by atoms with Gasteiger partial charge in [-0.2, -0.15) is 0 Å². The highest BCUT2D eigenvalue weighted by Crippen LogP contribution is 2.36. The van der Waals surface area contributed by atoms with E-state index in [0.717, 1.165) is 31.6 Å². The second-order valence-corrected chi connectivity index (χ2v) is 6.23. The smallest absolute Gasteiger partial charge is 0.333 e. The molecule has 3 rings (SSSR count). The summed E-state index contributed by atoms with van der Waals surface area (Å²) < 4.78 is 18.8. The number of halogens is 1. The molecule has 0 unspecified atom stereocenters. The van der Waals surface area contributed by atoms with E-state index in [4.69, 9.17) is 4.74 Å². The molecule has 1 heterocycles. The minimum atomic E-state index is -0.408. The van der Waals surface area contributed by atoms with Gasteiger partial charge in [0.2, 0.25) is 0 Å². The fourth-order valence-electron chi connectivity index (χ4n) is 3.27. The molecule has 7 heteroatoms. The van der Waals surface area contributed by atoms with E-state index < -0.39 is 4.92 Å². The van der Waals surface area contributed by atoms with Crippen molar-refractivity contribution in [1.29, 1.82) is 0 Å². The van der Waals surface area contributed by atoms with Crippen molar-refractivity contribution in [2.45, 2.75) is 25.8 Å². The van der Waals surface area contributed by atoms with Crippen LogP contribution in [0.15, 0.2) is 42.5 Å². The molecule has 1 N–H and O–H groups in total. The van der Waals surface area contributed by atoms with Gasteiger partial charge in [0, 0.05) is 24.8 Å². The van der Waals surface area contributed by atoms with Crippen LogP contribution in [0.4, 0.5) is 21.5 Å². The van der Waals surface area contributed by atoms with Gasteiger partial charge in [-0.15, -0.1) is 0 Å². The highest BCUT2D eigenvalue weighted by Gasteiger charge is 2.25. The Balaban J connectivity index is 1.68. The van der Waals surface area contributed by atoms with Gasteiger partial charge in [-0.25, -0.2) is 4.39 Å². The van der Waals surface area contributed by atoms with Crippen LogP contribution in [0, 0.1) is 15.9 Å². The Labute approximate surface area is 151 Å². The van der Waals surface area contributed by atoms with Crippen molar-refractivity contribution in [2.75, 3.05) is 29.9 Å². The molecule has 2 aromatic rings. The monoisotopic (exact) mass is 359 g/mol. The van der Waals surface area contributed by atoms with Crippen LogP contribution in [-0.4, -0.2) is 30.7 Å². The molecule has 0 aliphatic carbocycles. The van der Waals surface area contributed by atoms with Crippen molar-refractivity contribution in [3.05, 3.63) is 58.4 Å². The number of para-hydroxylation sites is 1. The molecule has 2 aromatic carbocycles. The molecule has 1 saturated heterocycles. The van der Waals surface area contributed by atoms with Crippen molar-refractivity contribution in [3.63, 3.8) is 0 Å². The topological polar surface area (TPSA) is 67.6 Å². The van der Waals surface area contributed by atoms with Gasteiger partial charge in [0.25, 0.3) is 0 Å². The quantitative estimate of drug-likeness (QED) is 0.618. The summed E-state index contributed by atoms with van der Waals surface area (Å²) in [6, 6.07) is 11.8. The van der Waals surface area contributed by atoms with E-state index in [1.54, 1.807) is 31.2 Å². The molecular weight excluding hydrogens is 337 g/mol. The molecule has 0 radical (unpaired) electrons. The maximum atomic E-state index is 13.4. The van der Waals surface area contributed by atoms with Crippen LogP contribution in [0.1, 0.15) is 19.8 Å². The summed E-state index contributed by atoms with van der Waals surface area (Å²) in [6.07, 6.45) is 1.62. The number of benzene rings is 2. The molecule has 1 fully saturated rings. The first-order valence-electron chi connectivity index (χ1n) is 8.75. The zero-order valence-corrected chi connectivity index (χ0v) is 14.7. The molecule has 138 valence electrons. The van der Waals surface area contributed by atoms with Crippen LogP contribution in [0.25, 0.3) is 0 Å². The average molecular weight is 359 g/mol. The summed E-state index contributed by atoms with van der Waals surface area (Å²) in [4.78, 5) is 13.2. The molecule has 0 bridgehead atoms. The molecule has 0 spiro atoms. The number of hydrogen-bond acceptors (Lipinski definition) is 5. The van der Waals surface area contributed by atoms with Gasteiger partial charge in [-0.05, 0) is 50.1 Å². The van der Waals surface area contributed by atoms with E-state index in [1.807, 2.05) is 6.07 Å². The SMILES string of the molecule is CCOc1cccc(NC2CCN(c3cccc(F)c3)CC2)c1[N+](=O)[O-]. The number of piperidine rings is 1. The largest absolute Gasteiger partial charge is 0.487 e. The molecule has 1 aliphatic rings. The fraction of sp³-hybridized carbons (Fsp3) is 0.368. The van der Waals surface area contributed by atoms with E-state index in [1.165, 1.54) is 12.1 Å². The molecular formula is C19H22FN3O3. The lowest BCUT2D eigenvalue weighted by molar-refractivity contribution is -0.385. The number of nitro benzene ring substituents is 1. The van der Waals surface area contributed by atoms with Gasteiger partial charge in [-0.3, -0.25) is 10.1 Å². The van der Waals surface area contributed by atoms with E-state index in [2.05, 4.69) is 10.2 Å². The number of nitro groups is 1. The van der Waals surface area contributed by atoms with Crippen LogP contribution >= 0.6 is 0 Å². The second kappa shape index (κ2) is 8.03. The maximum absolute atomic E-state index is 13.4. The molecule has 0 saturated carbocycles. The third-order valence-electron chi connectivity index (χ3n) is 4.51. The van der Waals surface area contributed by atoms with Gasteiger partial charge in [0.05, 0.1) is 11.5 Å². The molecule has 0 atom stereocenters. The molecule has 26 heavy (non-hydrogen) atoms. The van der Waals surface area contributed by atoms with E-state index in [-0.39, 0.29) is 23.3 Å². The summed E-state index contributed by atoms with van der Waals surface area (Å²) in [5.74, 6) is 0.0332. The Hall–Kier alpha value is -2.83. The lowest BCUT2D eigenvalue weighted by atomic mass is 10.0. The zero-order chi connectivity index (χ0) is 18.5. The Morgan fingerprint density at radius 2 is 2.00 bits per heavy atom. The number of nitrogens with one attached hydrogen (secondary N) is 1. The van der Waals surface area contributed by atoms with Gasteiger partial charge >= 0.3 is 5.69 Å². The van der Waals surface area contributed by atoms with E-state index in [0.29, 0.717) is 12.3 Å². The Morgan fingerprint density at radius 3 is 2.65 bits per heavy atom. The Kier molecular flexibility index (Phi) is 5.55. The lowest BCUT2D eigenvalue weighted by Gasteiger charge is -2.34. The lowest BCUT2D eigenvalue weighted by Crippen LogP contribution is -2.39. The minimum Gasteiger partial charge on any atom is -0.487 e. The number of nitrogens with zero attached hydrogens (tertiary/aromatic N) is 2. The van der Waals surface area contributed by atoms with Gasteiger partial charge < -0.3 is 15.0 Å². The number of anilines is 2. The van der Waals surface area contributed by atoms with Crippen molar-refractivity contribution in [3.8, 4) is 5.75 Å². The van der Waals surface area contributed by atoms with Gasteiger partial charge in [0.15, 0.2) is 5.75 Å². The predicted molar refractivity (Wildman–Crippen MR) is 99.5 cm³/mol. The summed E-state index contributed by atoms with van der Waals surface area (Å²) in [7, 11) is 0. The van der Waals surface area contributed by atoms with Crippen LogP contribution in [0.3, 0.4) is 0 Å². The number of rotatable bonds is 6. The first kappa shape index (κ1) is 18.0. The molecule has 0 aromatic heterocycles. The first-order valence-corrected chi connectivity index (χ1v) is 8.75. The van der Waals surface area contributed by atoms with Crippen molar-refractivity contribution in [1.82, 2.24) is 0 Å². The van der Waals surface area contributed by atoms with Crippen molar-refractivity contribution in [2.24, 2.45) is 0 Å².